The maximum Gasteiger partial charge on any atom is 0.326 e. The number of ether oxygens (including phenoxy) is 3. The molecule has 10 heteroatoms. The average molecular weight is 422 g/mol. The molecule has 0 radical (unpaired) electrons. The molecule has 29 heavy (non-hydrogen) atoms. The topological polar surface area (TPSA) is 111 Å². The number of amides is 1. The van der Waals surface area contributed by atoms with E-state index in [9.17, 15) is 18.0 Å². The van der Waals surface area contributed by atoms with Crippen LogP contribution in [0, 0.1) is 0 Å². The van der Waals surface area contributed by atoms with Gasteiger partial charge in [0.2, 0.25) is 5.91 Å². The molecule has 0 fully saturated rings. The second kappa shape index (κ2) is 9.28. The predicted molar refractivity (Wildman–Crippen MR) is 107 cm³/mol. The number of carbonyl (C=O) groups excluding carboxylic acids is 2. The van der Waals surface area contributed by atoms with Gasteiger partial charge in [0.1, 0.15) is 6.54 Å². The lowest BCUT2D eigenvalue weighted by Gasteiger charge is -2.24. The van der Waals surface area contributed by atoms with Gasteiger partial charge in [0, 0.05) is 18.7 Å². The van der Waals surface area contributed by atoms with E-state index in [4.69, 9.17) is 9.47 Å². The molecule has 2 rings (SSSR count). The van der Waals surface area contributed by atoms with Crippen LogP contribution in [0.25, 0.3) is 0 Å². The third kappa shape index (κ3) is 5.17. The third-order valence-corrected chi connectivity index (χ3v) is 5.71. The van der Waals surface area contributed by atoms with Crippen molar-refractivity contribution in [3.8, 4) is 11.5 Å². The van der Waals surface area contributed by atoms with Gasteiger partial charge in [-0.1, -0.05) is 0 Å². The Morgan fingerprint density at radius 2 is 1.59 bits per heavy atom. The van der Waals surface area contributed by atoms with Gasteiger partial charge in [-0.3, -0.25) is 13.9 Å². The Balaban J connectivity index is 2.50. The van der Waals surface area contributed by atoms with E-state index in [0.717, 1.165) is 4.31 Å². The zero-order valence-electron chi connectivity index (χ0n) is 16.5. The number of carbonyl (C=O) groups is 2. The molecule has 2 aromatic rings. The molecule has 0 aliphatic heterocycles. The molecular weight excluding hydrogens is 400 g/mol. The Labute approximate surface area is 169 Å². The molecule has 2 aromatic carbocycles. The minimum absolute atomic E-state index is 0.0645. The number of anilines is 2. The van der Waals surface area contributed by atoms with Crippen molar-refractivity contribution in [3.63, 3.8) is 0 Å². The van der Waals surface area contributed by atoms with Crippen molar-refractivity contribution < 1.29 is 32.2 Å². The second-order valence-corrected chi connectivity index (χ2v) is 7.69. The van der Waals surface area contributed by atoms with Crippen molar-refractivity contribution in [1.29, 1.82) is 0 Å². The molecule has 1 amide bonds. The summed E-state index contributed by atoms with van der Waals surface area (Å²) in [7, 11) is -0.0814. The first-order valence-electron chi connectivity index (χ1n) is 8.42. The Hall–Kier alpha value is -3.27. The van der Waals surface area contributed by atoms with E-state index in [1.165, 1.54) is 70.7 Å². The molecule has 0 aromatic heterocycles. The van der Waals surface area contributed by atoms with E-state index in [1.54, 1.807) is 0 Å². The van der Waals surface area contributed by atoms with Crippen LogP contribution in [-0.2, 0) is 24.3 Å². The summed E-state index contributed by atoms with van der Waals surface area (Å²) in [6.45, 7) is 0.807. The first-order valence-corrected chi connectivity index (χ1v) is 9.86. The van der Waals surface area contributed by atoms with Crippen LogP contribution >= 0.6 is 0 Å². The number of rotatable bonds is 8. The molecule has 0 aliphatic carbocycles. The van der Waals surface area contributed by atoms with Gasteiger partial charge in [0.15, 0.2) is 11.5 Å². The minimum atomic E-state index is -4.13. The van der Waals surface area contributed by atoms with Crippen LogP contribution in [0.15, 0.2) is 47.4 Å². The first-order chi connectivity index (χ1) is 13.7. The van der Waals surface area contributed by atoms with Crippen molar-refractivity contribution in [2.45, 2.75) is 11.8 Å². The number of benzene rings is 2. The molecule has 0 heterocycles. The van der Waals surface area contributed by atoms with Crippen molar-refractivity contribution >= 4 is 33.3 Å². The van der Waals surface area contributed by atoms with Crippen LogP contribution in [0.3, 0.4) is 0 Å². The highest BCUT2D eigenvalue weighted by Gasteiger charge is 2.28. The third-order valence-electron chi connectivity index (χ3n) is 3.92. The summed E-state index contributed by atoms with van der Waals surface area (Å²) in [5.74, 6) is -0.307. The van der Waals surface area contributed by atoms with E-state index >= 15 is 0 Å². The predicted octanol–water partition coefficient (Wildman–Crippen LogP) is 2.03. The fourth-order valence-corrected chi connectivity index (χ4v) is 3.92. The van der Waals surface area contributed by atoms with Crippen LogP contribution in [0.2, 0.25) is 0 Å². The van der Waals surface area contributed by atoms with E-state index in [0.29, 0.717) is 17.2 Å². The van der Waals surface area contributed by atoms with E-state index in [2.05, 4.69) is 10.1 Å². The summed E-state index contributed by atoms with van der Waals surface area (Å²) in [5.41, 5.74) is 0.640. The minimum Gasteiger partial charge on any atom is -0.493 e. The van der Waals surface area contributed by atoms with Crippen LogP contribution in [-0.4, -0.2) is 48.2 Å². The highest BCUT2D eigenvalue weighted by Crippen LogP contribution is 2.34. The number of hydrogen-bond donors (Lipinski definition) is 1. The average Bonchev–Trinajstić information content (AvgIpc) is 2.71. The molecule has 0 bridgehead atoms. The standard InChI is InChI=1S/C19H22N2O7S/c1-13(22)20-14-5-8-16(9-6-14)29(24,25)21(12-19(23)28-4)15-7-10-17(26-2)18(11-15)27-3/h5-11H,12H2,1-4H3,(H,20,22). The Morgan fingerprint density at radius 3 is 2.10 bits per heavy atom. The van der Waals surface area contributed by atoms with Crippen molar-refractivity contribution in [2.24, 2.45) is 0 Å². The lowest BCUT2D eigenvalue weighted by Crippen LogP contribution is -2.36. The molecule has 0 saturated carbocycles. The summed E-state index contributed by atoms with van der Waals surface area (Å²) in [6, 6.07) is 10.1. The van der Waals surface area contributed by atoms with Gasteiger partial charge in [0.05, 0.1) is 31.9 Å². The van der Waals surface area contributed by atoms with Gasteiger partial charge in [-0.25, -0.2) is 8.42 Å². The maximum atomic E-state index is 13.2. The van der Waals surface area contributed by atoms with Crippen LogP contribution in [0.1, 0.15) is 6.92 Å². The monoisotopic (exact) mass is 422 g/mol. The summed E-state index contributed by atoms with van der Waals surface area (Å²) in [6.07, 6.45) is 0. The van der Waals surface area contributed by atoms with Crippen molar-refractivity contribution in [2.75, 3.05) is 37.5 Å². The molecular formula is C19H22N2O7S. The molecule has 0 spiro atoms. The first kappa shape index (κ1) is 22.0. The van der Waals surface area contributed by atoms with Gasteiger partial charge >= 0.3 is 5.97 Å². The fourth-order valence-electron chi connectivity index (χ4n) is 2.52. The number of methoxy groups -OCH3 is 3. The summed E-state index contributed by atoms with van der Waals surface area (Å²) < 4.78 is 42.4. The Kier molecular flexibility index (Phi) is 7.05. The lowest BCUT2D eigenvalue weighted by atomic mass is 10.2. The molecule has 9 nitrogen and oxygen atoms in total. The van der Waals surface area contributed by atoms with E-state index in [-0.39, 0.29) is 16.5 Å². The Morgan fingerprint density at radius 1 is 0.966 bits per heavy atom. The molecule has 156 valence electrons. The molecule has 0 aliphatic rings. The number of nitrogens with one attached hydrogen (secondary N) is 1. The van der Waals surface area contributed by atoms with Crippen LogP contribution in [0.5, 0.6) is 11.5 Å². The van der Waals surface area contributed by atoms with Gasteiger partial charge in [-0.15, -0.1) is 0 Å². The van der Waals surface area contributed by atoms with Crippen LogP contribution in [0.4, 0.5) is 11.4 Å². The summed E-state index contributed by atoms with van der Waals surface area (Å²) >= 11 is 0. The Bertz CT molecular complexity index is 988. The number of hydrogen-bond acceptors (Lipinski definition) is 7. The van der Waals surface area contributed by atoms with Gasteiger partial charge in [-0.2, -0.15) is 0 Å². The highest BCUT2D eigenvalue weighted by molar-refractivity contribution is 7.92. The van der Waals surface area contributed by atoms with Gasteiger partial charge in [0.25, 0.3) is 10.0 Å². The smallest absolute Gasteiger partial charge is 0.326 e. The quantitative estimate of drug-likeness (QED) is 0.648. The molecule has 1 N–H and O–H groups in total. The number of esters is 1. The fraction of sp³-hybridized carbons (Fsp3) is 0.263. The second-order valence-electron chi connectivity index (χ2n) is 5.83. The largest absolute Gasteiger partial charge is 0.493 e. The normalized spacial score (nSPS) is 10.8. The lowest BCUT2D eigenvalue weighted by molar-refractivity contribution is -0.138. The number of sulfonamides is 1. The highest BCUT2D eigenvalue weighted by atomic mass is 32.2. The van der Waals surface area contributed by atoms with Gasteiger partial charge < -0.3 is 19.5 Å². The molecule has 0 unspecified atom stereocenters. The van der Waals surface area contributed by atoms with Gasteiger partial charge in [-0.05, 0) is 36.4 Å². The summed E-state index contributed by atoms with van der Waals surface area (Å²) in [4.78, 5) is 23.0. The van der Waals surface area contributed by atoms with E-state index < -0.39 is 22.5 Å². The zero-order valence-corrected chi connectivity index (χ0v) is 17.3. The number of nitrogens with zero attached hydrogens (tertiary/aromatic N) is 1. The zero-order chi connectivity index (χ0) is 21.6. The molecule has 0 atom stereocenters. The van der Waals surface area contributed by atoms with Crippen molar-refractivity contribution in [1.82, 2.24) is 0 Å². The molecule has 0 saturated heterocycles. The van der Waals surface area contributed by atoms with Crippen LogP contribution < -0.4 is 19.1 Å². The summed E-state index contributed by atoms with van der Waals surface area (Å²) in [5, 5.41) is 2.56. The SMILES string of the molecule is COC(=O)CN(c1ccc(OC)c(OC)c1)S(=O)(=O)c1ccc(NC(C)=O)cc1. The van der Waals surface area contributed by atoms with E-state index in [1.807, 2.05) is 0 Å². The maximum absolute atomic E-state index is 13.2. The van der Waals surface area contributed by atoms with Crippen molar-refractivity contribution in [3.05, 3.63) is 42.5 Å².